The molecule has 0 unspecified atom stereocenters. The van der Waals surface area contributed by atoms with E-state index in [0.29, 0.717) is 0 Å². The van der Waals surface area contributed by atoms with Gasteiger partial charge in [-0.3, -0.25) is 0 Å². The normalized spacial score (nSPS) is 9.25. The van der Waals surface area contributed by atoms with Crippen LogP contribution in [0, 0.1) is 13.8 Å². The largest absolute Gasteiger partial charge is 0.0619 e. The van der Waals surface area contributed by atoms with Crippen LogP contribution < -0.4 is 0 Å². The Balaban J connectivity index is 0.000000160. The highest BCUT2D eigenvalue weighted by molar-refractivity contribution is 9.10. The standard InChI is InChI=1S/2C7H7Br/c1-6-2-4-7(8)5-3-6;1-6-4-2-3-5-7(6)8/h2*2-5H,1H3. The molecular formula is C14H14Br2. The molecule has 0 bridgehead atoms. The molecule has 0 atom stereocenters. The summed E-state index contributed by atoms with van der Waals surface area (Å²) in [6.07, 6.45) is 0. The van der Waals surface area contributed by atoms with Crippen LogP contribution in [-0.2, 0) is 0 Å². The maximum absolute atomic E-state index is 3.40. The van der Waals surface area contributed by atoms with Gasteiger partial charge in [-0.15, -0.1) is 0 Å². The van der Waals surface area contributed by atoms with Crippen molar-refractivity contribution in [2.45, 2.75) is 13.8 Å². The molecule has 16 heavy (non-hydrogen) atoms. The second-order valence-electron chi connectivity index (χ2n) is 3.54. The fraction of sp³-hybridized carbons (Fsp3) is 0.143. The summed E-state index contributed by atoms with van der Waals surface area (Å²) in [5.41, 5.74) is 2.58. The molecule has 0 aliphatic heterocycles. The van der Waals surface area contributed by atoms with Crippen molar-refractivity contribution in [1.29, 1.82) is 0 Å². The Labute approximate surface area is 114 Å². The summed E-state index contributed by atoms with van der Waals surface area (Å²) < 4.78 is 2.32. The first-order valence-corrected chi connectivity index (χ1v) is 6.61. The summed E-state index contributed by atoms with van der Waals surface area (Å²) in [6, 6.07) is 16.4. The van der Waals surface area contributed by atoms with E-state index in [1.807, 2.05) is 30.3 Å². The zero-order valence-corrected chi connectivity index (χ0v) is 12.5. The van der Waals surface area contributed by atoms with Crippen LogP contribution in [0.25, 0.3) is 0 Å². The van der Waals surface area contributed by atoms with Crippen LogP contribution >= 0.6 is 31.9 Å². The van der Waals surface area contributed by atoms with Crippen molar-refractivity contribution in [3.63, 3.8) is 0 Å². The second kappa shape index (κ2) is 6.87. The lowest BCUT2D eigenvalue weighted by molar-refractivity contribution is 1.43. The zero-order chi connectivity index (χ0) is 12.0. The Hall–Kier alpha value is -0.600. The summed E-state index contributed by atoms with van der Waals surface area (Å²) in [6.45, 7) is 4.15. The van der Waals surface area contributed by atoms with Crippen molar-refractivity contribution in [2.24, 2.45) is 0 Å². The van der Waals surface area contributed by atoms with Gasteiger partial charge in [0.15, 0.2) is 0 Å². The van der Waals surface area contributed by atoms with Crippen LogP contribution in [-0.4, -0.2) is 0 Å². The van der Waals surface area contributed by atoms with Gasteiger partial charge in [0, 0.05) is 8.95 Å². The first-order chi connectivity index (χ1) is 7.59. The number of rotatable bonds is 0. The van der Waals surface area contributed by atoms with Gasteiger partial charge in [-0.2, -0.15) is 0 Å². The van der Waals surface area contributed by atoms with E-state index in [1.54, 1.807) is 0 Å². The third kappa shape index (κ3) is 4.95. The molecule has 2 aromatic rings. The minimum atomic E-state index is 1.14. The molecule has 0 amide bonds. The lowest BCUT2D eigenvalue weighted by Gasteiger charge is -1.91. The van der Waals surface area contributed by atoms with Crippen molar-refractivity contribution in [2.75, 3.05) is 0 Å². The molecule has 0 fully saturated rings. The van der Waals surface area contributed by atoms with Gasteiger partial charge in [-0.25, -0.2) is 0 Å². The first kappa shape index (κ1) is 13.5. The van der Waals surface area contributed by atoms with Gasteiger partial charge in [0.2, 0.25) is 0 Å². The fourth-order valence-electron chi connectivity index (χ4n) is 1.08. The molecule has 0 heterocycles. The lowest BCUT2D eigenvalue weighted by atomic mass is 10.2. The average Bonchev–Trinajstić information content (AvgIpc) is 2.28. The van der Waals surface area contributed by atoms with Gasteiger partial charge in [0.05, 0.1) is 0 Å². The van der Waals surface area contributed by atoms with Gasteiger partial charge in [-0.1, -0.05) is 67.8 Å². The van der Waals surface area contributed by atoms with Gasteiger partial charge >= 0.3 is 0 Å². The number of aryl methyl sites for hydroxylation is 2. The van der Waals surface area contributed by atoms with E-state index < -0.39 is 0 Å². The van der Waals surface area contributed by atoms with Crippen molar-refractivity contribution in [3.05, 3.63) is 68.6 Å². The minimum absolute atomic E-state index is 1.14. The first-order valence-electron chi connectivity index (χ1n) is 5.03. The van der Waals surface area contributed by atoms with E-state index in [2.05, 4.69) is 63.9 Å². The molecule has 0 aliphatic rings. The molecule has 0 nitrogen and oxygen atoms in total. The Kier molecular flexibility index (Phi) is 5.78. The van der Waals surface area contributed by atoms with E-state index in [0.717, 1.165) is 4.47 Å². The Morgan fingerprint density at radius 3 is 1.69 bits per heavy atom. The Bertz CT molecular complexity index is 391. The molecule has 0 aliphatic carbocycles. The smallest absolute Gasteiger partial charge is 0.0204 e. The number of benzene rings is 2. The Morgan fingerprint density at radius 2 is 1.31 bits per heavy atom. The van der Waals surface area contributed by atoms with Crippen LogP contribution in [0.3, 0.4) is 0 Å². The molecular weight excluding hydrogens is 328 g/mol. The quantitative estimate of drug-likeness (QED) is 0.592. The molecule has 0 radical (unpaired) electrons. The Morgan fingerprint density at radius 1 is 0.750 bits per heavy atom. The van der Waals surface area contributed by atoms with Gasteiger partial charge < -0.3 is 0 Å². The lowest BCUT2D eigenvalue weighted by Crippen LogP contribution is -1.69. The third-order valence-electron chi connectivity index (χ3n) is 2.09. The summed E-state index contributed by atoms with van der Waals surface area (Å²) in [7, 11) is 0. The SMILES string of the molecule is Cc1ccc(Br)cc1.Cc1ccccc1Br. The van der Waals surface area contributed by atoms with Crippen molar-refractivity contribution < 1.29 is 0 Å². The van der Waals surface area contributed by atoms with E-state index in [4.69, 9.17) is 0 Å². The molecule has 84 valence electrons. The number of hydrogen-bond donors (Lipinski definition) is 0. The highest BCUT2D eigenvalue weighted by Crippen LogP contribution is 2.13. The average molecular weight is 342 g/mol. The van der Waals surface area contributed by atoms with Crippen molar-refractivity contribution in [3.8, 4) is 0 Å². The minimum Gasteiger partial charge on any atom is -0.0619 e. The predicted molar refractivity (Wildman–Crippen MR) is 77.8 cm³/mol. The van der Waals surface area contributed by atoms with E-state index >= 15 is 0 Å². The van der Waals surface area contributed by atoms with Crippen molar-refractivity contribution >= 4 is 31.9 Å². The summed E-state index contributed by atoms with van der Waals surface area (Å²) >= 11 is 6.74. The molecule has 2 aromatic carbocycles. The summed E-state index contributed by atoms with van der Waals surface area (Å²) in [5.74, 6) is 0. The molecule has 2 rings (SSSR count). The molecule has 0 saturated carbocycles. The second-order valence-corrected chi connectivity index (χ2v) is 5.31. The molecule has 0 N–H and O–H groups in total. The van der Waals surface area contributed by atoms with Crippen LogP contribution in [0.4, 0.5) is 0 Å². The molecule has 0 saturated heterocycles. The van der Waals surface area contributed by atoms with Crippen LogP contribution in [0.15, 0.2) is 57.5 Å². The van der Waals surface area contributed by atoms with E-state index in [-0.39, 0.29) is 0 Å². The van der Waals surface area contributed by atoms with Gasteiger partial charge in [0.25, 0.3) is 0 Å². The summed E-state index contributed by atoms with van der Waals surface area (Å²) in [4.78, 5) is 0. The molecule has 0 aromatic heterocycles. The topological polar surface area (TPSA) is 0 Å². The van der Waals surface area contributed by atoms with E-state index in [1.165, 1.54) is 15.6 Å². The van der Waals surface area contributed by atoms with Gasteiger partial charge in [-0.05, 0) is 37.6 Å². The number of hydrogen-bond acceptors (Lipinski definition) is 0. The predicted octanol–water partition coefficient (Wildman–Crippen LogP) is 5.52. The van der Waals surface area contributed by atoms with Crippen molar-refractivity contribution in [1.82, 2.24) is 0 Å². The third-order valence-corrected chi connectivity index (χ3v) is 3.51. The summed E-state index contributed by atoms with van der Waals surface area (Å²) in [5, 5.41) is 0. The monoisotopic (exact) mass is 340 g/mol. The zero-order valence-electron chi connectivity index (χ0n) is 9.37. The highest BCUT2D eigenvalue weighted by Gasteiger charge is 1.86. The fourth-order valence-corrected chi connectivity index (χ4v) is 1.63. The maximum Gasteiger partial charge on any atom is 0.0204 e. The van der Waals surface area contributed by atoms with Crippen LogP contribution in [0.5, 0.6) is 0 Å². The highest BCUT2D eigenvalue weighted by atomic mass is 79.9. The van der Waals surface area contributed by atoms with Crippen LogP contribution in [0.1, 0.15) is 11.1 Å². The van der Waals surface area contributed by atoms with E-state index in [9.17, 15) is 0 Å². The molecule has 2 heteroatoms. The number of halogens is 2. The van der Waals surface area contributed by atoms with Crippen LogP contribution in [0.2, 0.25) is 0 Å². The maximum atomic E-state index is 3.40. The molecule has 0 spiro atoms. The van der Waals surface area contributed by atoms with Gasteiger partial charge in [0.1, 0.15) is 0 Å².